The van der Waals surface area contributed by atoms with Crippen LogP contribution in [0.3, 0.4) is 0 Å². The van der Waals surface area contributed by atoms with E-state index in [9.17, 15) is 4.79 Å². The number of imidazole rings is 1. The van der Waals surface area contributed by atoms with E-state index in [1.165, 1.54) is 18.4 Å². The molecule has 0 aliphatic heterocycles. The molecule has 5 nitrogen and oxygen atoms in total. The summed E-state index contributed by atoms with van der Waals surface area (Å²) in [6, 6.07) is 9.68. The summed E-state index contributed by atoms with van der Waals surface area (Å²) in [6.07, 6.45) is 7.77. The molecule has 1 aromatic heterocycles. The minimum Gasteiger partial charge on any atom is -0.354 e. The fourth-order valence-corrected chi connectivity index (χ4v) is 2.95. The minimum absolute atomic E-state index is 0.0765. The number of amides is 1. The smallest absolute Gasteiger partial charge is 0.237 e. The van der Waals surface area contributed by atoms with Gasteiger partial charge in [-0.1, -0.05) is 37.3 Å². The molecule has 1 aliphatic rings. The number of aromatic nitrogens is 2. The van der Waals surface area contributed by atoms with Gasteiger partial charge in [-0.25, -0.2) is 4.98 Å². The molecule has 128 valence electrons. The zero-order chi connectivity index (χ0) is 17.0. The Hall–Kier alpha value is -2.14. The molecule has 5 heteroatoms. The van der Waals surface area contributed by atoms with Crippen LogP contribution in [0.1, 0.15) is 37.4 Å². The van der Waals surface area contributed by atoms with Crippen LogP contribution in [0.15, 0.2) is 42.9 Å². The number of hydrogen-bond donors (Lipinski definition) is 2. The lowest BCUT2D eigenvalue weighted by molar-refractivity contribution is -0.122. The summed E-state index contributed by atoms with van der Waals surface area (Å²) in [6.45, 7) is 3.70. The predicted octanol–water partition coefficient (Wildman–Crippen LogP) is 2.11. The first-order valence-corrected chi connectivity index (χ1v) is 8.68. The van der Waals surface area contributed by atoms with Crippen molar-refractivity contribution in [2.75, 3.05) is 6.54 Å². The number of nitrogens with one attached hydrogen (secondary N) is 1. The second-order valence-corrected chi connectivity index (χ2v) is 6.90. The van der Waals surface area contributed by atoms with Crippen molar-refractivity contribution in [3.63, 3.8) is 0 Å². The Labute approximate surface area is 143 Å². The van der Waals surface area contributed by atoms with Crippen molar-refractivity contribution in [3.05, 3.63) is 54.1 Å². The van der Waals surface area contributed by atoms with E-state index in [1.807, 2.05) is 29.0 Å². The maximum Gasteiger partial charge on any atom is 0.237 e. The van der Waals surface area contributed by atoms with E-state index in [4.69, 9.17) is 5.73 Å². The summed E-state index contributed by atoms with van der Waals surface area (Å²) in [7, 11) is 0. The Balaban J connectivity index is 1.49. The molecule has 3 N–H and O–H groups in total. The van der Waals surface area contributed by atoms with Crippen molar-refractivity contribution in [3.8, 4) is 0 Å². The predicted molar refractivity (Wildman–Crippen MR) is 94.4 cm³/mol. The molecular weight excluding hydrogens is 300 g/mol. The highest BCUT2D eigenvalue weighted by Crippen LogP contribution is 2.47. The topological polar surface area (TPSA) is 72.9 Å². The zero-order valence-corrected chi connectivity index (χ0v) is 14.2. The number of hydrogen-bond acceptors (Lipinski definition) is 3. The SMILES string of the molecule is CCC1(CNC(=O)[C@@H](N)Cc2cn(Cc3ccccc3)cn2)CC1. The molecule has 1 heterocycles. The van der Waals surface area contributed by atoms with Crippen molar-refractivity contribution < 1.29 is 4.79 Å². The summed E-state index contributed by atoms with van der Waals surface area (Å²) in [5.74, 6) is -0.0765. The molecular formula is C19H26N4O. The van der Waals surface area contributed by atoms with Crippen LogP contribution in [0.2, 0.25) is 0 Å². The Bertz CT molecular complexity index is 676. The van der Waals surface area contributed by atoms with Gasteiger partial charge in [-0.3, -0.25) is 4.79 Å². The third kappa shape index (κ3) is 4.23. The van der Waals surface area contributed by atoms with Crippen LogP contribution in [-0.2, 0) is 17.8 Å². The lowest BCUT2D eigenvalue weighted by Crippen LogP contribution is -2.44. The summed E-state index contributed by atoms with van der Waals surface area (Å²) >= 11 is 0. The standard InChI is InChI=1S/C19H26N4O/c1-2-19(8-9-19)13-21-18(24)17(20)10-16-12-23(14-22-16)11-15-6-4-3-5-7-15/h3-7,12,14,17H,2,8-11,13,20H2,1H3,(H,21,24)/t17-/m0/s1. The third-order valence-electron chi connectivity index (χ3n) is 5.01. The summed E-state index contributed by atoms with van der Waals surface area (Å²) < 4.78 is 2.02. The zero-order valence-electron chi connectivity index (χ0n) is 14.2. The average Bonchev–Trinajstić information content (AvgIpc) is 3.27. The van der Waals surface area contributed by atoms with E-state index in [-0.39, 0.29) is 5.91 Å². The van der Waals surface area contributed by atoms with Crippen LogP contribution < -0.4 is 11.1 Å². The van der Waals surface area contributed by atoms with Crippen LogP contribution in [-0.4, -0.2) is 28.0 Å². The number of carbonyl (C=O) groups is 1. The number of benzene rings is 1. The van der Waals surface area contributed by atoms with E-state index in [2.05, 4.69) is 29.4 Å². The Morgan fingerprint density at radius 3 is 2.79 bits per heavy atom. The van der Waals surface area contributed by atoms with Crippen LogP contribution in [0.4, 0.5) is 0 Å². The summed E-state index contributed by atoms with van der Waals surface area (Å²) in [5, 5.41) is 3.00. The van der Waals surface area contributed by atoms with Gasteiger partial charge in [-0.2, -0.15) is 0 Å². The number of nitrogens with zero attached hydrogens (tertiary/aromatic N) is 2. The summed E-state index contributed by atoms with van der Waals surface area (Å²) in [5.41, 5.74) is 8.45. The third-order valence-corrected chi connectivity index (χ3v) is 5.01. The Morgan fingerprint density at radius 2 is 2.12 bits per heavy atom. The van der Waals surface area contributed by atoms with E-state index in [0.717, 1.165) is 25.2 Å². The molecule has 3 rings (SSSR count). The Morgan fingerprint density at radius 1 is 1.38 bits per heavy atom. The number of nitrogens with two attached hydrogens (primary N) is 1. The van der Waals surface area contributed by atoms with Gasteiger partial charge in [0.2, 0.25) is 5.91 Å². The lowest BCUT2D eigenvalue weighted by atomic mass is 10.0. The van der Waals surface area contributed by atoms with Gasteiger partial charge in [0.25, 0.3) is 0 Å². The first-order valence-electron chi connectivity index (χ1n) is 8.68. The van der Waals surface area contributed by atoms with Crippen molar-refractivity contribution in [2.24, 2.45) is 11.1 Å². The first kappa shape index (κ1) is 16.7. The largest absolute Gasteiger partial charge is 0.354 e. The fourth-order valence-electron chi connectivity index (χ4n) is 2.95. The van der Waals surface area contributed by atoms with Crippen LogP contribution in [0.25, 0.3) is 0 Å². The molecule has 0 unspecified atom stereocenters. The van der Waals surface area contributed by atoms with Gasteiger partial charge in [-0.15, -0.1) is 0 Å². The highest BCUT2D eigenvalue weighted by molar-refractivity contribution is 5.81. The molecule has 24 heavy (non-hydrogen) atoms. The molecule has 1 aliphatic carbocycles. The van der Waals surface area contributed by atoms with Gasteiger partial charge in [0.1, 0.15) is 0 Å². The van der Waals surface area contributed by atoms with E-state index >= 15 is 0 Å². The van der Waals surface area contributed by atoms with Gasteiger partial charge in [0.05, 0.1) is 18.1 Å². The highest BCUT2D eigenvalue weighted by atomic mass is 16.2. The molecule has 2 aromatic rings. The molecule has 0 saturated heterocycles. The van der Waals surface area contributed by atoms with Crippen LogP contribution >= 0.6 is 0 Å². The lowest BCUT2D eigenvalue weighted by Gasteiger charge is -2.16. The monoisotopic (exact) mass is 326 g/mol. The van der Waals surface area contributed by atoms with Crippen LogP contribution in [0, 0.1) is 5.41 Å². The van der Waals surface area contributed by atoms with Gasteiger partial charge >= 0.3 is 0 Å². The molecule has 0 bridgehead atoms. The quantitative estimate of drug-likeness (QED) is 0.780. The van der Waals surface area contributed by atoms with Crippen LogP contribution in [0.5, 0.6) is 0 Å². The molecule has 1 atom stereocenters. The second-order valence-electron chi connectivity index (χ2n) is 6.90. The van der Waals surface area contributed by atoms with Crippen molar-refractivity contribution in [1.82, 2.24) is 14.9 Å². The molecule has 0 spiro atoms. The van der Waals surface area contributed by atoms with Crippen molar-refractivity contribution in [1.29, 1.82) is 0 Å². The fraction of sp³-hybridized carbons (Fsp3) is 0.474. The molecule has 1 fully saturated rings. The normalized spacial score (nSPS) is 16.6. The van der Waals surface area contributed by atoms with Crippen molar-refractivity contribution >= 4 is 5.91 Å². The highest BCUT2D eigenvalue weighted by Gasteiger charge is 2.40. The molecule has 1 aromatic carbocycles. The average molecular weight is 326 g/mol. The molecule has 0 radical (unpaired) electrons. The van der Waals surface area contributed by atoms with Gasteiger partial charge in [0, 0.05) is 25.7 Å². The minimum atomic E-state index is -0.544. The second kappa shape index (κ2) is 7.18. The number of carbonyl (C=O) groups excluding carboxylic acids is 1. The first-order chi connectivity index (χ1) is 11.6. The van der Waals surface area contributed by atoms with E-state index in [1.54, 1.807) is 6.33 Å². The van der Waals surface area contributed by atoms with E-state index < -0.39 is 6.04 Å². The van der Waals surface area contributed by atoms with Gasteiger partial charge in [0.15, 0.2) is 0 Å². The van der Waals surface area contributed by atoms with Gasteiger partial charge < -0.3 is 15.6 Å². The van der Waals surface area contributed by atoms with E-state index in [0.29, 0.717) is 11.8 Å². The van der Waals surface area contributed by atoms with Crippen molar-refractivity contribution in [2.45, 2.75) is 45.2 Å². The molecule has 1 amide bonds. The Kier molecular flexibility index (Phi) is 5.00. The maximum absolute atomic E-state index is 12.2. The molecule has 1 saturated carbocycles. The van der Waals surface area contributed by atoms with Gasteiger partial charge in [-0.05, 0) is 30.2 Å². The maximum atomic E-state index is 12.2. The number of rotatable bonds is 8. The summed E-state index contributed by atoms with van der Waals surface area (Å²) in [4.78, 5) is 16.5.